The van der Waals surface area contributed by atoms with Gasteiger partial charge in [0.15, 0.2) is 0 Å². The van der Waals surface area contributed by atoms with E-state index in [1.165, 1.54) is 10.5 Å². The molecular weight excluding hydrogens is 290 g/mol. The number of hydroxylamine groups is 1. The molecule has 0 atom stereocenters. The van der Waals surface area contributed by atoms with Gasteiger partial charge in [-0.2, -0.15) is 5.48 Å². The molecule has 0 spiro atoms. The molecule has 3 nitrogen and oxygen atoms in total. The fourth-order valence-electron chi connectivity index (χ4n) is 1.37. The minimum absolute atomic E-state index is 0.610. The largest absolute Gasteiger partial charge is 0.379 e. The smallest absolute Gasteiger partial charge is 0.0611 e. The van der Waals surface area contributed by atoms with E-state index in [4.69, 9.17) is 9.57 Å². The van der Waals surface area contributed by atoms with Crippen molar-refractivity contribution in [3.63, 3.8) is 0 Å². The van der Waals surface area contributed by atoms with Crippen molar-refractivity contribution in [1.82, 2.24) is 5.48 Å². The summed E-state index contributed by atoms with van der Waals surface area (Å²) >= 11 is 5.46. The van der Waals surface area contributed by atoms with E-state index in [0.29, 0.717) is 11.8 Å². The van der Waals surface area contributed by atoms with Crippen LogP contribution in [-0.4, -0.2) is 25.6 Å². The number of ether oxygens (including phenoxy) is 1. The maximum Gasteiger partial charge on any atom is 0.0611 e. The Morgan fingerprint density at radius 1 is 1.56 bits per heavy atom. The van der Waals surface area contributed by atoms with E-state index in [1.807, 2.05) is 11.8 Å². The van der Waals surface area contributed by atoms with Crippen LogP contribution in [0.3, 0.4) is 0 Å². The second-order valence-electron chi connectivity index (χ2n) is 3.57. The Hall–Kier alpha value is -0.0700. The minimum Gasteiger partial charge on any atom is -0.379 e. The van der Waals surface area contributed by atoms with E-state index in [0.717, 1.165) is 17.7 Å². The first-order chi connectivity index (χ1) is 7.79. The number of benzene rings is 1. The van der Waals surface area contributed by atoms with Crippen molar-refractivity contribution in [2.45, 2.75) is 16.7 Å². The van der Waals surface area contributed by atoms with E-state index in [9.17, 15) is 0 Å². The average molecular weight is 304 g/mol. The molecule has 88 valence electrons. The Morgan fingerprint density at radius 3 is 2.94 bits per heavy atom. The van der Waals surface area contributed by atoms with Gasteiger partial charge in [0.2, 0.25) is 0 Å². The van der Waals surface area contributed by atoms with E-state index < -0.39 is 0 Å². The molecule has 0 radical (unpaired) electrons. The fraction of sp³-hybridized carbons (Fsp3) is 0.455. The first kappa shape index (κ1) is 12.4. The SMILES string of the molecule is CONCc1ccc(SC2COC2)c(Br)c1. The monoisotopic (exact) mass is 303 g/mol. The van der Waals surface area contributed by atoms with Crippen molar-refractivity contribution in [3.8, 4) is 0 Å². The molecule has 0 saturated carbocycles. The maximum absolute atomic E-state index is 5.16. The summed E-state index contributed by atoms with van der Waals surface area (Å²) in [5.74, 6) is 0. The molecular formula is C11H14BrNO2S. The number of nitrogens with one attached hydrogen (secondary N) is 1. The highest BCUT2D eigenvalue weighted by Gasteiger charge is 2.20. The van der Waals surface area contributed by atoms with Crippen LogP contribution in [-0.2, 0) is 16.1 Å². The average Bonchev–Trinajstić information content (AvgIpc) is 2.22. The predicted octanol–water partition coefficient (Wildman–Crippen LogP) is 2.59. The summed E-state index contributed by atoms with van der Waals surface area (Å²) in [6.45, 7) is 2.45. The number of hydrogen-bond acceptors (Lipinski definition) is 4. The zero-order valence-electron chi connectivity index (χ0n) is 9.03. The van der Waals surface area contributed by atoms with Gasteiger partial charge in [-0.05, 0) is 33.6 Å². The molecule has 1 saturated heterocycles. The van der Waals surface area contributed by atoms with Crippen molar-refractivity contribution < 1.29 is 9.57 Å². The molecule has 1 heterocycles. The molecule has 5 heteroatoms. The van der Waals surface area contributed by atoms with Crippen molar-refractivity contribution in [2.24, 2.45) is 0 Å². The number of thioether (sulfide) groups is 1. The third kappa shape index (κ3) is 3.21. The number of hydrogen-bond donors (Lipinski definition) is 1. The van der Waals surface area contributed by atoms with Crippen molar-refractivity contribution >= 4 is 27.7 Å². The van der Waals surface area contributed by atoms with Crippen LogP contribution in [0.4, 0.5) is 0 Å². The Morgan fingerprint density at radius 2 is 2.38 bits per heavy atom. The van der Waals surface area contributed by atoms with Crippen LogP contribution in [0.1, 0.15) is 5.56 Å². The molecule has 1 N–H and O–H groups in total. The summed E-state index contributed by atoms with van der Waals surface area (Å²) in [5, 5.41) is 0.610. The van der Waals surface area contributed by atoms with E-state index in [2.05, 4.69) is 39.6 Å². The highest BCUT2D eigenvalue weighted by Crippen LogP contribution is 2.33. The van der Waals surface area contributed by atoms with Crippen LogP contribution < -0.4 is 5.48 Å². The zero-order chi connectivity index (χ0) is 11.4. The van der Waals surface area contributed by atoms with E-state index in [1.54, 1.807) is 7.11 Å². The van der Waals surface area contributed by atoms with Gasteiger partial charge in [-0.25, -0.2) is 0 Å². The second kappa shape index (κ2) is 6.02. The molecule has 16 heavy (non-hydrogen) atoms. The Kier molecular flexibility index (Phi) is 4.66. The lowest BCUT2D eigenvalue weighted by atomic mass is 10.2. The molecule has 0 aromatic heterocycles. The summed E-state index contributed by atoms with van der Waals surface area (Å²) in [6, 6.07) is 6.37. The molecule has 2 rings (SSSR count). The first-order valence-corrected chi connectivity index (χ1v) is 6.75. The quantitative estimate of drug-likeness (QED) is 0.847. The van der Waals surface area contributed by atoms with Gasteiger partial charge in [0.05, 0.1) is 25.6 Å². The summed E-state index contributed by atoms with van der Waals surface area (Å²) in [6.07, 6.45) is 0. The van der Waals surface area contributed by atoms with E-state index >= 15 is 0 Å². The van der Waals surface area contributed by atoms with Crippen molar-refractivity contribution in [1.29, 1.82) is 0 Å². The maximum atomic E-state index is 5.16. The van der Waals surface area contributed by atoms with Gasteiger partial charge in [0.25, 0.3) is 0 Å². The molecule has 0 unspecified atom stereocenters. The third-order valence-electron chi connectivity index (χ3n) is 2.32. The van der Waals surface area contributed by atoms with Gasteiger partial charge in [-0.1, -0.05) is 6.07 Å². The Bertz CT molecular complexity index is 358. The van der Waals surface area contributed by atoms with Crippen LogP contribution in [0.25, 0.3) is 0 Å². The zero-order valence-corrected chi connectivity index (χ0v) is 11.4. The van der Waals surface area contributed by atoms with Crippen LogP contribution in [0, 0.1) is 0 Å². The standard InChI is InChI=1S/C11H14BrNO2S/c1-14-13-5-8-2-3-11(10(12)4-8)16-9-6-15-7-9/h2-4,9,13H,5-7H2,1H3. The summed E-state index contributed by atoms with van der Waals surface area (Å²) in [5.41, 5.74) is 4.02. The van der Waals surface area contributed by atoms with Crippen LogP contribution in [0.15, 0.2) is 27.6 Å². The molecule has 0 amide bonds. The van der Waals surface area contributed by atoms with Gasteiger partial charge in [-0.3, -0.25) is 0 Å². The first-order valence-electron chi connectivity index (χ1n) is 5.08. The lowest BCUT2D eigenvalue weighted by Gasteiger charge is -2.25. The van der Waals surface area contributed by atoms with E-state index in [-0.39, 0.29) is 0 Å². The topological polar surface area (TPSA) is 30.5 Å². The van der Waals surface area contributed by atoms with Crippen molar-refractivity contribution in [3.05, 3.63) is 28.2 Å². The fourth-order valence-corrected chi connectivity index (χ4v) is 3.08. The molecule has 1 aliphatic heterocycles. The van der Waals surface area contributed by atoms with Gasteiger partial charge < -0.3 is 9.57 Å². The lowest BCUT2D eigenvalue weighted by molar-refractivity contribution is 0.0455. The van der Waals surface area contributed by atoms with Gasteiger partial charge in [0, 0.05) is 15.9 Å². The Labute approximate surface area is 108 Å². The summed E-state index contributed by atoms with van der Waals surface area (Å²) in [4.78, 5) is 6.09. The lowest BCUT2D eigenvalue weighted by Crippen LogP contribution is -2.30. The molecule has 0 bridgehead atoms. The van der Waals surface area contributed by atoms with Gasteiger partial charge >= 0.3 is 0 Å². The number of rotatable bonds is 5. The van der Waals surface area contributed by atoms with Crippen LogP contribution in [0.2, 0.25) is 0 Å². The van der Waals surface area contributed by atoms with Gasteiger partial charge in [0.1, 0.15) is 0 Å². The van der Waals surface area contributed by atoms with Crippen LogP contribution >= 0.6 is 27.7 Å². The number of halogens is 1. The normalized spacial score (nSPS) is 16.1. The second-order valence-corrected chi connectivity index (χ2v) is 5.76. The van der Waals surface area contributed by atoms with Gasteiger partial charge in [-0.15, -0.1) is 11.8 Å². The highest BCUT2D eigenvalue weighted by atomic mass is 79.9. The summed E-state index contributed by atoms with van der Waals surface area (Å²) < 4.78 is 6.30. The highest BCUT2D eigenvalue weighted by molar-refractivity contribution is 9.10. The minimum atomic E-state index is 0.610. The Balaban J connectivity index is 1.97. The predicted molar refractivity (Wildman–Crippen MR) is 68.5 cm³/mol. The molecule has 0 aliphatic carbocycles. The summed E-state index contributed by atoms with van der Waals surface area (Å²) in [7, 11) is 1.62. The van der Waals surface area contributed by atoms with Crippen molar-refractivity contribution in [2.75, 3.05) is 20.3 Å². The molecule has 1 fully saturated rings. The molecule has 1 aromatic carbocycles. The van der Waals surface area contributed by atoms with Crippen LogP contribution in [0.5, 0.6) is 0 Å². The molecule has 1 aliphatic rings. The third-order valence-corrected chi connectivity index (χ3v) is 4.45. The molecule has 1 aromatic rings.